The second-order valence-electron chi connectivity index (χ2n) is 8.90. The van der Waals surface area contributed by atoms with Crippen LogP contribution in [-0.2, 0) is 4.79 Å². The van der Waals surface area contributed by atoms with E-state index in [0.717, 1.165) is 30.5 Å². The number of nitrogens with zero attached hydrogens (tertiary/aromatic N) is 3. The first kappa shape index (κ1) is 20.5. The lowest BCUT2D eigenvalue weighted by molar-refractivity contribution is -0.118. The number of nitrogens with one attached hydrogen (secondary N) is 2. The first-order chi connectivity index (χ1) is 14.4. The second-order valence-corrected chi connectivity index (χ2v) is 8.90. The van der Waals surface area contributed by atoms with E-state index in [2.05, 4.69) is 39.2 Å². The lowest BCUT2D eigenvalue weighted by atomic mass is 9.87. The Balaban J connectivity index is 1.43. The molecule has 2 aromatic heterocycles. The molecule has 1 fully saturated rings. The molecule has 1 aliphatic rings. The lowest BCUT2D eigenvalue weighted by Crippen LogP contribution is -2.39. The highest BCUT2D eigenvalue weighted by Gasteiger charge is 2.27. The van der Waals surface area contributed by atoms with E-state index < -0.39 is 5.82 Å². The largest absolute Gasteiger partial charge is 0.309 e. The molecule has 0 unspecified atom stereocenters. The zero-order valence-corrected chi connectivity index (χ0v) is 17.5. The van der Waals surface area contributed by atoms with Crippen LogP contribution in [0, 0.1) is 11.2 Å². The molecule has 0 atom stereocenters. The standard InChI is InChI=1S/C23H28FN5O/c1-23(2,15-29-11-4-3-5-12-29)14-19(30)26-22-20(24)21(27-28-22)17-8-9-18-16(13-17)7-6-10-25-18/h6-10,13H,3-5,11-12,14-15H2,1-2H3,(H2,26,27,28,30). The summed E-state index contributed by atoms with van der Waals surface area (Å²) in [6, 6.07) is 9.21. The number of hydrogen-bond acceptors (Lipinski definition) is 4. The number of H-pyrrole nitrogens is 1. The number of aromatic amines is 1. The third-order valence-corrected chi connectivity index (χ3v) is 5.59. The third kappa shape index (κ3) is 4.67. The average molecular weight is 410 g/mol. The second kappa shape index (κ2) is 8.52. The summed E-state index contributed by atoms with van der Waals surface area (Å²) in [5.74, 6) is -0.760. The molecule has 30 heavy (non-hydrogen) atoms. The van der Waals surface area contributed by atoms with Crippen LogP contribution in [-0.4, -0.2) is 45.6 Å². The van der Waals surface area contributed by atoms with Gasteiger partial charge in [0.05, 0.1) is 5.52 Å². The van der Waals surface area contributed by atoms with E-state index in [0.29, 0.717) is 12.0 Å². The lowest BCUT2D eigenvalue weighted by Gasteiger charge is -2.34. The van der Waals surface area contributed by atoms with Crippen LogP contribution in [0.25, 0.3) is 22.2 Å². The van der Waals surface area contributed by atoms with Crippen molar-refractivity contribution in [2.24, 2.45) is 5.41 Å². The SMILES string of the molecule is CC(C)(CC(=O)Nc1[nH]nc(-c2ccc3ncccc3c2)c1F)CN1CCCCC1. The Hall–Kier alpha value is -2.80. The van der Waals surface area contributed by atoms with Crippen LogP contribution in [0.3, 0.4) is 0 Å². The topological polar surface area (TPSA) is 73.9 Å². The van der Waals surface area contributed by atoms with Gasteiger partial charge >= 0.3 is 0 Å². The molecule has 3 aromatic rings. The number of carbonyl (C=O) groups is 1. The highest BCUT2D eigenvalue weighted by Crippen LogP contribution is 2.29. The van der Waals surface area contributed by atoms with Gasteiger partial charge in [0.15, 0.2) is 11.6 Å². The minimum absolute atomic E-state index is 0.00931. The molecule has 158 valence electrons. The number of amides is 1. The van der Waals surface area contributed by atoms with Gasteiger partial charge in [-0.25, -0.2) is 4.39 Å². The van der Waals surface area contributed by atoms with Gasteiger partial charge in [-0.2, -0.15) is 5.10 Å². The molecule has 0 radical (unpaired) electrons. The summed E-state index contributed by atoms with van der Waals surface area (Å²) >= 11 is 0. The minimum Gasteiger partial charge on any atom is -0.309 e. The first-order valence-corrected chi connectivity index (χ1v) is 10.5. The molecule has 4 rings (SSSR count). The molecule has 1 saturated heterocycles. The number of anilines is 1. The molecule has 0 bridgehead atoms. The Morgan fingerprint density at radius 3 is 2.83 bits per heavy atom. The van der Waals surface area contributed by atoms with Crippen LogP contribution >= 0.6 is 0 Å². The van der Waals surface area contributed by atoms with Gasteiger partial charge in [0, 0.05) is 30.1 Å². The molecule has 1 amide bonds. The fraction of sp³-hybridized carbons (Fsp3) is 0.435. The maximum absolute atomic E-state index is 15.0. The summed E-state index contributed by atoms with van der Waals surface area (Å²) in [5.41, 5.74) is 1.46. The van der Waals surface area contributed by atoms with E-state index in [-0.39, 0.29) is 22.8 Å². The number of piperidine rings is 1. The monoisotopic (exact) mass is 409 g/mol. The van der Waals surface area contributed by atoms with Crippen LogP contribution in [0.1, 0.15) is 39.5 Å². The van der Waals surface area contributed by atoms with E-state index in [9.17, 15) is 9.18 Å². The number of rotatable bonds is 6. The van der Waals surface area contributed by atoms with Crippen molar-refractivity contribution < 1.29 is 9.18 Å². The Kier molecular flexibility index (Phi) is 5.81. The van der Waals surface area contributed by atoms with Crippen molar-refractivity contribution in [3.05, 3.63) is 42.3 Å². The summed E-state index contributed by atoms with van der Waals surface area (Å²) in [6.07, 6.45) is 5.76. The van der Waals surface area contributed by atoms with Gasteiger partial charge in [0.2, 0.25) is 5.91 Å². The molecule has 2 N–H and O–H groups in total. The maximum Gasteiger partial charge on any atom is 0.226 e. The van der Waals surface area contributed by atoms with Gasteiger partial charge in [-0.3, -0.25) is 14.9 Å². The molecule has 7 heteroatoms. The summed E-state index contributed by atoms with van der Waals surface area (Å²) in [5, 5.41) is 10.3. The van der Waals surface area contributed by atoms with Gasteiger partial charge in [-0.05, 0) is 49.5 Å². The third-order valence-electron chi connectivity index (χ3n) is 5.59. The number of pyridine rings is 1. The van der Waals surface area contributed by atoms with Crippen molar-refractivity contribution in [3.8, 4) is 11.3 Å². The van der Waals surface area contributed by atoms with Crippen molar-refractivity contribution in [1.29, 1.82) is 0 Å². The number of halogens is 1. The van der Waals surface area contributed by atoms with E-state index in [1.54, 1.807) is 12.3 Å². The molecule has 0 spiro atoms. The van der Waals surface area contributed by atoms with E-state index in [4.69, 9.17) is 0 Å². The van der Waals surface area contributed by atoms with Crippen LogP contribution in [0.4, 0.5) is 10.2 Å². The molecule has 0 saturated carbocycles. The Morgan fingerprint density at radius 1 is 1.23 bits per heavy atom. The van der Waals surface area contributed by atoms with Gasteiger partial charge in [-0.15, -0.1) is 0 Å². The molecule has 3 heterocycles. The van der Waals surface area contributed by atoms with Gasteiger partial charge in [0.1, 0.15) is 5.69 Å². The Labute approximate surface area is 175 Å². The zero-order valence-electron chi connectivity index (χ0n) is 17.5. The normalized spacial score (nSPS) is 15.4. The number of aromatic nitrogens is 3. The number of likely N-dealkylation sites (tertiary alicyclic amines) is 1. The smallest absolute Gasteiger partial charge is 0.226 e. The van der Waals surface area contributed by atoms with Crippen molar-refractivity contribution >= 4 is 22.6 Å². The predicted octanol–water partition coefficient (Wildman–Crippen LogP) is 4.60. The summed E-state index contributed by atoms with van der Waals surface area (Å²) in [6.45, 7) is 7.20. The van der Waals surface area contributed by atoms with E-state index in [1.807, 2.05) is 24.3 Å². The highest BCUT2D eigenvalue weighted by atomic mass is 19.1. The van der Waals surface area contributed by atoms with Crippen LogP contribution in [0.15, 0.2) is 36.5 Å². The predicted molar refractivity (Wildman–Crippen MR) is 117 cm³/mol. The molecule has 1 aliphatic heterocycles. The van der Waals surface area contributed by atoms with E-state index >= 15 is 0 Å². The number of carbonyl (C=O) groups excluding carboxylic acids is 1. The van der Waals surface area contributed by atoms with Crippen molar-refractivity contribution in [1.82, 2.24) is 20.1 Å². The van der Waals surface area contributed by atoms with Crippen molar-refractivity contribution in [2.45, 2.75) is 39.5 Å². The van der Waals surface area contributed by atoms with Crippen LogP contribution in [0.5, 0.6) is 0 Å². The quantitative estimate of drug-likeness (QED) is 0.624. The van der Waals surface area contributed by atoms with Gasteiger partial charge < -0.3 is 10.2 Å². The zero-order chi connectivity index (χ0) is 21.1. The summed E-state index contributed by atoms with van der Waals surface area (Å²) in [7, 11) is 0. The maximum atomic E-state index is 15.0. The first-order valence-electron chi connectivity index (χ1n) is 10.5. The minimum atomic E-state index is -0.555. The number of hydrogen-bond donors (Lipinski definition) is 2. The molecular weight excluding hydrogens is 381 g/mol. The van der Waals surface area contributed by atoms with Gasteiger partial charge in [-0.1, -0.05) is 32.4 Å². The summed E-state index contributed by atoms with van der Waals surface area (Å²) in [4.78, 5) is 19.3. The van der Waals surface area contributed by atoms with Crippen LogP contribution in [0.2, 0.25) is 0 Å². The Morgan fingerprint density at radius 2 is 2.03 bits per heavy atom. The fourth-order valence-electron chi connectivity index (χ4n) is 4.22. The van der Waals surface area contributed by atoms with Gasteiger partial charge in [0.25, 0.3) is 0 Å². The summed E-state index contributed by atoms with van der Waals surface area (Å²) < 4.78 is 15.0. The highest BCUT2D eigenvalue weighted by molar-refractivity contribution is 5.91. The molecule has 1 aromatic carbocycles. The molecule has 6 nitrogen and oxygen atoms in total. The molecule has 0 aliphatic carbocycles. The van der Waals surface area contributed by atoms with Crippen LogP contribution < -0.4 is 5.32 Å². The van der Waals surface area contributed by atoms with Crippen molar-refractivity contribution in [3.63, 3.8) is 0 Å². The fourth-order valence-corrected chi connectivity index (χ4v) is 4.22. The number of benzene rings is 1. The average Bonchev–Trinajstić information content (AvgIpc) is 3.07. The Bertz CT molecular complexity index is 1040. The molecular formula is C23H28FN5O. The van der Waals surface area contributed by atoms with Crippen molar-refractivity contribution in [2.75, 3.05) is 25.0 Å². The number of fused-ring (bicyclic) bond motifs is 1. The van der Waals surface area contributed by atoms with E-state index in [1.165, 1.54) is 19.3 Å².